The lowest BCUT2D eigenvalue weighted by molar-refractivity contribution is 0.475. The monoisotopic (exact) mass is 230 g/mol. The van der Waals surface area contributed by atoms with E-state index in [1.54, 1.807) is 12.1 Å². The molecule has 17 heavy (non-hydrogen) atoms. The maximum absolute atomic E-state index is 9.33. The van der Waals surface area contributed by atoms with Gasteiger partial charge in [0.2, 0.25) is 0 Å². The zero-order chi connectivity index (χ0) is 12.4. The summed E-state index contributed by atoms with van der Waals surface area (Å²) < 4.78 is 0. The summed E-state index contributed by atoms with van der Waals surface area (Å²) in [5, 5.41) is 9.33. The average molecular weight is 230 g/mol. The third-order valence-corrected chi connectivity index (χ3v) is 3.20. The van der Waals surface area contributed by atoms with E-state index in [2.05, 4.69) is 18.8 Å². The van der Waals surface area contributed by atoms with Crippen molar-refractivity contribution in [2.45, 2.75) is 32.4 Å². The molecule has 2 rings (SSSR count). The lowest BCUT2D eigenvalue weighted by Gasteiger charge is -2.25. The molecule has 90 valence electrons. The van der Waals surface area contributed by atoms with Crippen molar-refractivity contribution in [3.63, 3.8) is 0 Å². The minimum absolute atomic E-state index is 0.0833. The predicted octanol–water partition coefficient (Wildman–Crippen LogP) is 2.36. The van der Waals surface area contributed by atoms with Crippen molar-refractivity contribution in [2.75, 3.05) is 0 Å². The molecule has 1 aromatic carbocycles. The molecule has 1 aliphatic heterocycles. The highest BCUT2D eigenvalue weighted by Gasteiger charge is 2.21. The summed E-state index contributed by atoms with van der Waals surface area (Å²) in [6.45, 7) is 4.18. The lowest BCUT2D eigenvalue weighted by atomic mass is 9.87. The van der Waals surface area contributed by atoms with Crippen molar-refractivity contribution in [1.82, 2.24) is 0 Å². The van der Waals surface area contributed by atoms with E-state index >= 15 is 0 Å². The zero-order valence-electron chi connectivity index (χ0n) is 10.2. The Labute approximate surface area is 102 Å². The Kier molecular flexibility index (Phi) is 3.29. The van der Waals surface area contributed by atoms with Crippen LogP contribution in [0.3, 0.4) is 0 Å². The first-order valence-corrected chi connectivity index (χ1v) is 5.94. The maximum atomic E-state index is 9.33. The molecule has 3 nitrogen and oxygen atoms in total. The largest absolute Gasteiger partial charge is 0.508 e. The van der Waals surface area contributed by atoms with E-state index < -0.39 is 0 Å². The van der Waals surface area contributed by atoms with E-state index in [4.69, 9.17) is 5.73 Å². The van der Waals surface area contributed by atoms with Crippen LogP contribution in [0.2, 0.25) is 0 Å². The van der Waals surface area contributed by atoms with Crippen LogP contribution in [0, 0.1) is 0 Å². The second kappa shape index (κ2) is 4.72. The standard InChI is InChI=1S/C14H18N2O/c1-3-12-13(15)8-16-9(2)14(12)10-4-6-11(17)7-5-10/h4-9,13,17H,3,15H2,1-2H3. The lowest BCUT2D eigenvalue weighted by Crippen LogP contribution is -2.30. The number of dihydropyridines is 1. The Morgan fingerprint density at radius 3 is 2.53 bits per heavy atom. The number of aromatic hydroxyl groups is 1. The Morgan fingerprint density at radius 1 is 1.29 bits per heavy atom. The highest BCUT2D eigenvalue weighted by Crippen LogP contribution is 2.30. The van der Waals surface area contributed by atoms with Gasteiger partial charge in [0.1, 0.15) is 5.75 Å². The van der Waals surface area contributed by atoms with E-state index in [9.17, 15) is 5.11 Å². The molecule has 0 spiro atoms. The van der Waals surface area contributed by atoms with Crippen LogP contribution in [0.5, 0.6) is 5.75 Å². The summed E-state index contributed by atoms with van der Waals surface area (Å²) in [5.74, 6) is 0.281. The first kappa shape index (κ1) is 11.9. The van der Waals surface area contributed by atoms with Gasteiger partial charge in [0.05, 0.1) is 12.1 Å². The van der Waals surface area contributed by atoms with Gasteiger partial charge in [-0.15, -0.1) is 0 Å². The SMILES string of the molecule is CCC1=C(c2ccc(O)cc2)C(C)N=CC1N. The fraction of sp³-hybridized carbons (Fsp3) is 0.357. The van der Waals surface area contributed by atoms with Crippen LogP contribution in [-0.2, 0) is 0 Å². The second-order valence-corrected chi connectivity index (χ2v) is 4.34. The summed E-state index contributed by atoms with van der Waals surface area (Å²) in [7, 11) is 0. The molecule has 0 fully saturated rings. The van der Waals surface area contributed by atoms with Gasteiger partial charge >= 0.3 is 0 Å². The number of hydrogen-bond donors (Lipinski definition) is 2. The van der Waals surface area contributed by atoms with Gasteiger partial charge < -0.3 is 10.8 Å². The quantitative estimate of drug-likeness (QED) is 0.819. The van der Waals surface area contributed by atoms with Crippen molar-refractivity contribution in [2.24, 2.45) is 10.7 Å². The molecule has 3 N–H and O–H groups in total. The summed E-state index contributed by atoms with van der Waals surface area (Å²) in [4.78, 5) is 4.42. The van der Waals surface area contributed by atoms with Gasteiger partial charge in [-0.25, -0.2) is 0 Å². The molecule has 0 aliphatic carbocycles. The van der Waals surface area contributed by atoms with E-state index in [-0.39, 0.29) is 17.8 Å². The van der Waals surface area contributed by atoms with Crippen LogP contribution in [0.25, 0.3) is 5.57 Å². The van der Waals surface area contributed by atoms with Crippen molar-refractivity contribution in [1.29, 1.82) is 0 Å². The Bertz CT molecular complexity index is 460. The highest BCUT2D eigenvalue weighted by atomic mass is 16.3. The summed E-state index contributed by atoms with van der Waals surface area (Å²) >= 11 is 0. The van der Waals surface area contributed by atoms with Crippen LogP contribution in [0.1, 0.15) is 25.8 Å². The summed E-state index contributed by atoms with van der Waals surface area (Å²) in [6, 6.07) is 7.29. The molecule has 0 amide bonds. The minimum Gasteiger partial charge on any atom is -0.508 e. The third kappa shape index (κ3) is 2.24. The maximum Gasteiger partial charge on any atom is 0.115 e. The molecule has 0 aromatic heterocycles. The van der Waals surface area contributed by atoms with Crippen LogP contribution in [0.4, 0.5) is 0 Å². The summed E-state index contributed by atoms with van der Waals surface area (Å²) in [6.07, 6.45) is 2.75. The van der Waals surface area contributed by atoms with Gasteiger partial charge in [-0.1, -0.05) is 19.1 Å². The molecule has 1 heterocycles. The zero-order valence-corrected chi connectivity index (χ0v) is 10.2. The van der Waals surface area contributed by atoms with Gasteiger partial charge in [-0.05, 0) is 42.2 Å². The van der Waals surface area contributed by atoms with Crippen molar-refractivity contribution < 1.29 is 5.11 Å². The van der Waals surface area contributed by atoms with Crippen molar-refractivity contribution in [3.8, 4) is 5.75 Å². The molecule has 2 unspecified atom stereocenters. The normalized spacial score (nSPS) is 24.2. The topological polar surface area (TPSA) is 58.6 Å². The van der Waals surface area contributed by atoms with E-state index in [0.717, 1.165) is 12.0 Å². The van der Waals surface area contributed by atoms with Gasteiger partial charge in [-0.3, -0.25) is 4.99 Å². The number of nitrogens with zero attached hydrogens (tertiary/aromatic N) is 1. The number of benzene rings is 1. The number of phenols is 1. The Morgan fingerprint density at radius 2 is 1.94 bits per heavy atom. The van der Waals surface area contributed by atoms with Gasteiger partial charge in [-0.2, -0.15) is 0 Å². The molecule has 1 aromatic rings. The average Bonchev–Trinajstić information content (AvgIpc) is 2.33. The van der Waals surface area contributed by atoms with Crippen LogP contribution < -0.4 is 5.73 Å². The second-order valence-electron chi connectivity index (χ2n) is 4.34. The van der Waals surface area contributed by atoms with Crippen LogP contribution in [-0.4, -0.2) is 23.4 Å². The number of phenolic OH excluding ortho intramolecular Hbond substituents is 1. The fourth-order valence-corrected chi connectivity index (χ4v) is 2.33. The van der Waals surface area contributed by atoms with E-state index in [0.29, 0.717) is 0 Å². The molecule has 0 saturated heterocycles. The van der Waals surface area contributed by atoms with E-state index in [1.807, 2.05) is 18.3 Å². The Balaban J connectivity index is 2.49. The van der Waals surface area contributed by atoms with Crippen LogP contribution >= 0.6 is 0 Å². The van der Waals surface area contributed by atoms with Gasteiger partial charge in [0, 0.05) is 6.21 Å². The summed E-state index contributed by atoms with van der Waals surface area (Å²) in [5.41, 5.74) is 9.58. The Hall–Kier alpha value is -1.61. The molecule has 0 saturated carbocycles. The molecule has 2 atom stereocenters. The smallest absolute Gasteiger partial charge is 0.115 e. The third-order valence-electron chi connectivity index (χ3n) is 3.20. The first-order valence-electron chi connectivity index (χ1n) is 5.94. The number of aliphatic imine (C=N–C) groups is 1. The number of rotatable bonds is 2. The van der Waals surface area contributed by atoms with Gasteiger partial charge in [0.25, 0.3) is 0 Å². The highest BCUT2D eigenvalue weighted by molar-refractivity contribution is 5.84. The van der Waals surface area contributed by atoms with Crippen molar-refractivity contribution >= 4 is 11.8 Å². The number of hydrogen-bond acceptors (Lipinski definition) is 3. The fourth-order valence-electron chi connectivity index (χ4n) is 2.33. The molecule has 0 radical (unpaired) electrons. The minimum atomic E-state index is -0.0833. The predicted molar refractivity (Wildman–Crippen MR) is 71.2 cm³/mol. The van der Waals surface area contributed by atoms with Crippen molar-refractivity contribution in [3.05, 3.63) is 35.4 Å². The molecule has 0 bridgehead atoms. The molecular weight excluding hydrogens is 212 g/mol. The number of nitrogens with two attached hydrogens (primary N) is 1. The van der Waals surface area contributed by atoms with E-state index in [1.165, 1.54) is 11.1 Å². The van der Waals surface area contributed by atoms with Crippen LogP contribution in [0.15, 0.2) is 34.8 Å². The first-order chi connectivity index (χ1) is 8.13. The molecule has 1 aliphatic rings. The molecule has 3 heteroatoms. The molecular formula is C14H18N2O. The van der Waals surface area contributed by atoms with Gasteiger partial charge in [0.15, 0.2) is 0 Å².